The Kier molecular flexibility index (Phi) is 5.43. The van der Waals surface area contributed by atoms with Gasteiger partial charge in [-0.1, -0.05) is 18.2 Å². The van der Waals surface area contributed by atoms with Gasteiger partial charge in [-0.3, -0.25) is 9.48 Å². The van der Waals surface area contributed by atoms with E-state index >= 15 is 0 Å². The molecule has 0 radical (unpaired) electrons. The summed E-state index contributed by atoms with van der Waals surface area (Å²) in [6.07, 6.45) is 2.06. The number of fused-ring (bicyclic) bond motifs is 1. The van der Waals surface area contributed by atoms with Crippen molar-refractivity contribution in [1.82, 2.24) is 19.7 Å². The largest absolute Gasteiger partial charge is 0.337 e. The zero-order chi connectivity index (χ0) is 20.5. The summed E-state index contributed by atoms with van der Waals surface area (Å²) in [5.41, 5.74) is 4.09. The first-order valence-electron chi connectivity index (χ1n) is 9.24. The minimum Gasteiger partial charge on any atom is -0.337 e. The Bertz CT molecular complexity index is 1160. The first kappa shape index (κ1) is 19.7. The maximum atomic E-state index is 13.4. The van der Waals surface area contributed by atoms with E-state index in [1.807, 2.05) is 44.6 Å². The third-order valence-corrected chi connectivity index (χ3v) is 6.53. The van der Waals surface area contributed by atoms with Gasteiger partial charge in [0.15, 0.2) is 5.65 Å². The van der Waals surface area contributed by atoms with Crippen LogP contribution in [0.3, 0.4) is 0 Å². The lowest BCUT2D eigenvalue weighted by molar-refractivity contribution is 0.0787. The van der Waals surface area contributed by atoms with Crippen molar-refractivity contribution in [3.63, 3.8) is 0 Å². The summed E-state index contributed by atoms with van der Waals surface area (Å²) in [4.78, 5) is 22.2. The number of rotatable bonds is 5. The average Bonchev–Trinajstić information content (AvgIpc) is 3.36. The molecule has 5 nitrogen and oxygen atoms in total. The number of pyridine rings is 1. The molecule has 4 rings (SSSR count). The first-order valence-corrected chi connectivity index (χ1v) is 11.3. The second-order valence-corrected chi connectivity index (χ2v) is 8.78. The van der Waals surface area contributed by atoms with Crippen molar-refractivity contribution in [2.24, 2.45) is 7.05 Å². The van der Waals surface area contributed by atoms with Crippen molar-refractivity contribution < 1.29 is 4.79 Å². The van der Waals surface area contributed by atoms with E-state index in [1.165, 1.54) is 4.90 Å². The van der Waals surface area contributed by atoms with Gasteiger partial charge in [0.2, 0.25) is 0 Å². The van der Waals surface area contributed by atoms with Gasteiger partial charge in [0.05, 0.1) is 27.2 Å². The van der Waals surface area contributed by atoms with Crippen molar-refractivity contribution in [1.29, 1.82) is 0 Å². The fraction of sp³-hybridized carbons (Fsp3) is 0.227. The molecule has 1 amide bonds. The lowest BCUT2D eigenvalue weighted by atomic mass is 10.1. The highest BCUT2D eigenvalue weighted by Crippen LogP contribution is 2.30. The fourth-order valence-electron chi connectivity index (χ4n) is 3.45. The molecule has 0 aliphatic rings. The number of aryl methyl sites for hydroxylation is 2. The van der Waals surface area contributed by atoms with Crippen molar-refractivity contribution in [3.8, 4) is 10.6 Å². The number of hydrogen-bond donors (Lipinski definition) is 0. The minimum atomic E-state index is -0.0275. The minimum absolute atomic E-state index is 0.0275. The average molecular weight is 423 g/mol. The van der Waals surface area contributed by atoms with Crippen LogP contribution in [0.1, 0.15) is 21.6 Å². The Morgan fingerprint density at radius 3 is 2.66 bits per heavy atom. The van der Waals surface area contributed by atoms with Crippen LogP contribution in [-0.4, -0.2) is 38.9 Å². The summed E-state index contributed by atoms with van der Waals surface area (Å²) >= 11 is 3.32. The highest BCUT2D eigenvalue weighted by molar-refractivity contribution is 7.98. The molecule has 148 valence electrons. The van der Waals surface area contributed by atoms with Gasteiger partial charge in [-0.15, -0.1) is 23.1 Å². The molecule has 3 aromatic heterocycles. The third kappa shape index (κ3) is 3.80. The Morgan fingerprint density at radius 1 is 1.24 bits per heavy atom. The smallest absolute Gasteiger partial charge is 0.254 e. The second kappa shape index (κ2) is 8.00. The van der Waals surface area contributed by atoms with Crippen LogP contribution in [0.2, 0.25) is 0 Å². The van der Waals surface area contributed by atoms with Crippen LogP contribution in [0.25, 0.3) is 21.6 Å². The number of carbonyl (C=O) groups excluding carboxylic acids is 1. The number of aromatic nitrogens is 3. The van der Waals surface area contributed by atoms with Gasteiger partial charge in [0.1, 0.15) is 0 Å². The number of benzene rings is 1. The second-order valence-electron chi connectivity index (χ2n) is 6.95. The highest BCUT2D eigenvalue weighted by Gasteiger charge is 2.22. The Balaban J connectivity index is 1.73. The molecule has 29 heavy (non-hydrogen) atoms. The zero-order valence-corrected chi connectivity index (χ0v) is 18.5. The molecule has 0 spiro atoms. The molecule has 3 heterocycles. The van der Waals surface area contributed by atoms with Gasteiger partial charge >= 0.3 is 0 Å². The molecule has 0 saturated heterocycles. The number of amides is 1. The van der Waals surface area contributed by atoms with Crippen molar-refractivity contribution in [2.45, 2.75) is 18.4 Å². The Labute approximate surface area is 178 Å². The molecule has 0 bridgehead atoms. The summed E-state index contributed by atoms with van der Waals surface area (Å²) in [6, 6.07) is 14.2. The zero-order valence-electron chi connectivity index (χ0n) is 16.8. The van der Waals surface area contributed by atoms with Crippen LogP contribution in [-0.2, 0) is 13.6 Å². The number of thioether (sulfide) groups is 1. The van der Waals surface area contributed by atoms with E-state index in [1.54, 1.807) is 32.7 Å². The van der Waals surface area contributed by atoms with E-state index in [0.717, 1.165) is 32.9 Å². The lowest BCUT2D eigenvalue weighted by Crippen LogP contribution is -2.26. The summed E-state index contributed by atoms with van der Waals surface area (Å²) < 4.78 is 1.75. The monoisotopic (exact) mass is 422 g/mol. The highest BCUT2D eigenvalue weighted by atomic mass is 32.2. The predicted molar refractivity (Wildman–Crippen MR) is 121 cm³/mol. The standard InChI is InChI=1S/C22H22N4OS2/c1-14-20-17(22(27)25(2)13-15-7-9-16(28-4)10-8-15)12-18(19-6-5-11-29-19)23-21(20)26(3)24-14/h5-12H,13H2,1-4H3. The van der Waals surface area contributed by atoms with Gasteiger partial charge in [-0.2, -0.15) is 5.10 Å². The van der Waals surface area contributed by atoms with E-state index in [0.29, 0.717) is 12.1 Å². The summed E-state index contributed by atoms with van der Waals surface area (Å²) in [5.74, 6) is -0.0275. The molecule has 0 atom stereocenters. The summed E-state index contributed by atoms with van der Waals surface area (Å²) in [7, 11) is 3.71. The van der Waals surface area contributed by atoms with Crippen LogP contribution >= 0.6 is 23.1 Å². The van der Waals surface area contributed by atoms with E-state index in [4.69, 9.17) is 4.98 Å². The lowest BCUT2D eigenvalue weighted by Gasteiger charge is -2.18. The third-order valence-electron chi connectivity index (χ3n) is 4.90. The molecule has 0 aliphatic carbocycles. The van der Waals surface area contributed by atoms with Gasteiger partial charge in [-0.05, 0) is 48.4 Å². The molecule has 0 fully saturated rings. The Morgan fingerprint density at radius 2 is 2.00 bits per heavy atom. The van der Waals surface area contributed by atoms with Gasteiger partial charge in [0.25, 0.3) is 5.91 Å². The van der Waals surface area contributed by atoms with Crippen molar-refractivity contribution in [3.05, 3.63) is 64.7 Å². The van der Waals surface area contributed by atoms with Gasteiger partial charge in [0, 0.05) is 25.5 Å². The molecular formula is C22H22N4OS2. The molecule has 4 aromatic rings. The van der Waals surface area contributed by atoms with Gasteiger partial charge < -0.3 is 4.90 Å². The van der Waals surface area contributed by atoms with Crippen LogP contribution in [0.5, 0.6) is 0 Å². The van der Waals surface area contributed by atoms with Crippen LogP contribution in [0, 0.1) is 6.92 Å². The van der Waals surface area contributed by atoms with E-state index in [2.05, 4.69) is 35.6 Å². The predicted octanol–water partition coefficient (Wildman–Crippen LogP) is 5.00. The van der Waals surface area contributed by atoms with Crippen LogP contribution in [0.15, 0.2) is 52.7 Å². The van der Waals surface area contributed by atoms with Crippen molar-refractivity contribution >= 4 is 40.0 Å². The first-order chi connectivity index (χ1) is 14.0. The topological polar surface area (TPSA) is 51.0 Å². The fourth-order valence-corrected chi connectivity index (χ4v) is 4.54. The van der Waals surface area contributed by atoms with E-state index < -0.39 is 0 Å². The van der Waals surface area contributed by atoms with Gasteiger partial charge in [-0.25, -0.2) is 4.98 Å². The SMILES string of the molecule is CSc1ccc(CN(C)C(=O)c2cc(-c3cccs3)nc3c2c(C)nn3C)cc1. The molecule has 1 aromatic carbocycles. The summed E-state index contributed by atoms with van der Waals surface area (Å²) in [6.45, 7) is 2.47. The van der Waals surface area contributed by atoms with Crippen molar-refractivity contribution in [2.75, 3.05) is 13.3 Å². The number of thiophene rings is 1. The number of nitrogens with zero attached hydrogens (tertiary/aromatic N) is 4. The number of hydrogen-bond acceptors (Lipinski definition) is 5. The maximum absolute atomic E-state index is 13.4. The van der Waals surface area contributed by atoms with Crippen LogP contribution < -0.4 is 0 Å². The van der Waals surface area contributed by atoms with Crippen LogP contribution in [0.4, 0.5) is 0 Å². The Hall–Kier alpha value is -2.64. The number of carbonyl (C=O) groups is 1. The molecule has 0 N–H and O–H groups in total. The van der Waals surface area contributed by atoms with E-state index in [9.17, 15) is 4.79 Å². The quantitative estimate of drug-likeness (QED) is 0.425. The summed E-state index contributed by atoms with van der Waals surface area (Å²) in [5, 5.41) is 7.34. The molecular weight excluding hydrogens is 400 g/mol. The normalized spacial score (nSPS) is 11.2. The molecule has 0 unspecified atom stereocenters. The van der Waals surface area contributed by atoms with E-state index in [-0.39, 0.29) is 5.91 Å². The molecule has 7 heteroatoms. The maximum Gasteiger partial charge on any atom is 0.254 e. The molecule has 0 aliphatic heterocycles. The molecule has 0 saturated carbocycles.